The zero-order chi connectivity index (χ0) is 13.4. The van der Waals surface area contributed by atoms with E-state index in [0.717, 1.165) is 17.7 Å². The SMILES string of the molecule is CCC(CO)NC(=O)CCOc1cccc(C)c1. The number of benzene rings is 1. The standard InChI is InChI=1S/C14H21NO3/c1-3-12(10-16)15-14(17)7-8-18-13-6-4-5-11(2)9-13/h4-6,9,12,16H,3,7-8,10H2,1-2H3,(H,15,17). The third kappa shape index (κ3) is 5.19. The van der Waals surface area contributed by atoms with Crippen molar-refractivity contribution in [3.8, 4) is 5.75 Å². The number of aryl methyl sites for hydroxylation is 1. The monoisotopic (exact) mass is 251 g/mol. The molecule has 1 amide bonds. The molecule has 0 aromatic heterocycles. The molecule has 0 saturated heterocycles. The first-order chi connectivity index (χ1) is 8.65. The second kappa shape index (κ2) is 7.71. The lowest BCUT2D eigenvalue weighted by molar-refractivity contribution is -0.122. The van der Waals surface area contributed by atoms with Gasteiger partial charge in [-0.25, -0.2) is 0 Å². The van der Waals surface area contributed by atoms with Crippen molar-refractivity contribution in [1.29, 1.82) is 0 Å². The number of ether oxygens (including phenoxy) is 1. The van der Waals surface area contributed by atoms with Gasteiger partial charge in [0.2, 0.25) is 5.91 Å². The van der Waals surface area contributed by atoms with Crippen molar-refractivity contribution in [3.63, 3.8) is 0 Å². The Bertz CT molecular complexity index is 375. The average Bonchev–Trinajstić information content (AvgIpc) is 2.36. The van der Waals surface area contributed by atoms with E-state index < -0.39 is 0 Å². The summed E-state index contributed by atoms with van der Waals surface area (Å²) in [7, 11) is 0. The van der Waals surface area contributed by atoms with Crippen LogP contribution in [0.4, 0.5) is 0 Å². The van der Waals surface area contributed by atoms with E-state index in [1.54, 1.807) is 0 Å². The summed E-state index contributed by atoms with van der Waals surface area (Å²) in [6, 6.07) is 7.56. The molecule has 1 atom stereocenters. The predicted molar refractivity (Wildman–Crippen MR) is 70.6 cm³/mol. The van der Waals surface area contributed by atoms with Crippen molar-refractivity contribution in [2.45, 2.75) is 32.7 Å². The first kappa shape index (κ1) is 14.5. The maximum atomic E-state index is 11.5. The van der Waals surface area contributed by atoms with Crippen LogP contribution in [0.3, 0.4) is 0 Å². The second-order valence-corrected chi connectivity index (χ2v) is 4.27. The molecular weight excluding hydrogens is 230 g/mol. The quantitative estimate of drug-likeness (QED) is 0.774. The Kier molecular flexibility index (Phi) is 6.22. The van der Waals surface area contributed by atoms with Crippen LogP contribution >= 0.6 is 0 Å². The minimum atomic E-state index is -0.156. The largest absolute Gasteiger partial charge is 0.493 e. The van der Waals surface area contributed by atoms with Crippen molar-refractivity contribution in [2.75, 3.05) is 13.2 Å². The van der Waals surface area contributed by atoms with E-state index in [0.29, 0.717) is 13.0 Å². The lowest BCUT2D eigenvalue weighted by Gasteiger charge is -2.14. The van der Waals surface area contributed by atoms with E-state index >= 15 is 0 Å². The van der Waals surface area contributed by atoms with Gasteiger partial charge in [-0.15, -0.1) is 0 Å². The van der Waals surface area contributed by atoms with E-state index in [2.05, 4.69) is 5.32 Å². The summed E-state index contributed by atoms with van der Waals surface area (Å²) < 4.78 is 5.48. The van der Waals surface area contributed by atoms with Crippen molar-refractivity contribution in [2.24, 2.45) is 0 Å². The van der Waals surface area contributed by atoms with Gasteiger partial charge in [-0.3, -0.25) is 4.79 Å². The number of carbonyl (C=O) groups is 1. The molecule has 0 bridgehead atoms. The molecule has 0 aliphatic rings. The zero-order valence-corrected chi connectivity index (χ0v) is 11.0. The zero-order valence-electron chi connectivity index (χ0n) is 11.0. The van der Waals surface area contributed by atoms with Crippen LogP contribution in [0.5, 0.6) is 5.75 Å². The first-order valence-corrected chi connectivity index (χ1v) is 6.25. The van der Waals surface area contributed by atoms with Crippen molar-refractivity contribution >= 4 is 5.91 Å². The van der Waals surface area contributed by atoms with Crippen LogP contribution in [0.15, 0.2) is 24.3 Å². The molecule has 0 aliphatic heterocycles. The Hall–Kier alpha value is -1.55. The Morgan fingerprint density at radius 1 is 1.50 bits per heavy atom. The molecule has 4 nitrogen and oxygen atoms in total. The maximum Gasteiger partial charge on any atom is 0.223 e. The molecule has 2 N–H and O–H groups in total. The van der Waals surface area contributed by atoms with Gasteiger partial charge in [0.1, 0.15) is 5.75 Å². The summed E-state index contributed by atoms with van der Waals surface area (Å²) in [6.45, 7) is 4.23. The number of rotatable bonds is 7. The third-order valence-electron chi connectivity index (χ3n) is 2.67. The van der Waals surface area contributed by atoms with Crippen LogP contribution in [0.2, 0.25) is 0 Å². The highest BCUT2D eigenvalue weighted by Gasteiger charge is 2.08. The third-order valence-corrected chi connectivity index (χ3v) is 2.67. The van der Waals surface area contributed by atoms with Gasteiger partial charge in [-0.05, 0) is 31.0 Å². The second-order valence-electron chi connectivity index (χ2n) is 4.27. The number of amides is 1. The Morgan fingerprint density at radius 2 is 2.28 bits per heavy atom. The molecule has 0 fully saturated rings. The first-order valence-electron chi connectivity index (χ1n) is 6.25. The summed E-state index contributed by atoms with van der Waals surface area (Å²) in [6.07, 6.45) is 1.02. The highest BCUT2D eigenvalue weighted by Crippen LogP contribution is 2.12. The van der Waals surface area contributed by atoms with Gasteiger partial charge in [0.05, 0.1) is 25.7 Å². The molecule has 1 unspecified atom stereocenters. The Balaban J connectivity index is 2.27. The molecule has 0 aliphatic carbocycles. The maximum absolute atomic E-state index is 11.5. The van der Waals surface area contributed by atoms with Crippen LogP contribution in [0.1, 0.15) is 25.3 Å². The normalized spacial score (nSPS) is 11.9. The summed E-state index contributed by atoms with van der Waals surface area (Å²) in [5, 5.41) is 11.7. The lowest BCUT2D eigenvalue weighted by atomic mass is 10.2. The Labute approximate surface area is 108 Å². The lowest BCUT2D eigenvalue weighted by Crippen LogP contribution is -2.37. The van der Waals surface area contributed by atoms with Crippen LogP contribution in [-0.2, 0) is 4.79 Å². The molecule has 0 saturated carbocycles. The average molecular weight is 251 g/mol. The number of aliphatic hydroxyl groups excluding tert-OH is 1. The Morgan fingerprint density at radius 3 is 2.89 bits per heavy atom. The van der Waals surface area contributed by atoms with Crippen LogP contribution in [0, 0.1) is 6.92 Å². The topological polar surface area (TPSA) is 58.6 Å². The van der Waals surface area contributed by atoms with Gasteiger partial charge in [-0.1, -0.05) is 19.1 Å². The molecule has 1 aromatic carbocycles. The molecule has 0 radical (unpaired) electrons. The molecule has 100 valence electrons. The highest BCUT2D eigenvalue weighted by atomic mass is 16.5. The summed E-state index contributed by atoms with van der Waals surface area (Å²) in [5.74, 6) is 0.681. The fourth-order valence-corrected chi connectivity index (χ4v) is 1.54. The van der Waals surface area contributed by atoms with Crippen LogP contribution < -0.4 is 10.1 Å². The minimum Gasteiger partial charge on any atom is -0.493 e. The van der Waals surface area contributed by atoms with Crippen molar-refractivity contribution in [3.05, 3.63) is 29.8 Å². The molecule has 0 heterocycles. The minimum absolute atomic E-state index is 0.0268. The van der Waals surface area contributed by atoms with E-state index in [1.807, 2.05) is 38.1 Å². The summed E-state index contributed by atoms with van der Waals surface area (Å²) >= 11 is 0. The summed E-state index contributed by atoms with van der Waals surface area (Å²) in [5.41, 5.74) is 1.13. The van der Waals surface area contributed by atoms with Gasteiger partial charge < -0.3 is 15.2 Å². The van der Waals surface area contributed by atoms with E-state index in [1.165, 1.54) is 0 Å². The number of carbonyl (C=O) groups excluding carboxylic acids is 1. The molecule has 0 spiro atoms. The van der Waals surface area contributed by atoms with Crippen molar-refractivity contribution in [1.82, 2.24) is 5.32 Å². The number of hydrogen-bond donors (Lipinski definition) is 2. The van der Waals surface area contributed by atoms with Gasteiger partial charge in [0.25, 0.3) is 0 Å². The van der Waals surface area contributed by atoms with E-state index in [4.69, 9.17) is 9.84 Å². The molecule has 1 rings (SSSR count). The van der Waals surface area contributed by atoms with Crippen LogP contribution in [-0.4, -0.2) is 30.3 Å². The fraction of sp³-hybridized carbons (Fsp3) is 0.500. The predicted octanol–water partition coefficient (Wildman–Crippen LogP) is 1.65. The number of aliphatic hydroxyl groups is 1. The molecular formula is C14H21NO3. The summed E-state index contributed by atoms with van der Waals surface area (Å²) in [4.78, 5) is 11.5. The van der Waals surface area contributed by atoms with Gasteiger partial charge in [0.15, 0.2) is 0 Å². The van der Waals surface area contributed by atoms with E-state index in [9.17, 15) is 4.79 Å². The smallest absolute Gasteiger partial charge is 0.223 e. The van der Waals surface area contributed by atoms with Gasteiger partial charge in [0, 0.05) is 0 Å². The van der Waals surface area contributed by atoms with E-state index in [-0.39, 0.29) is 18.6 Å². The molecule has 4 heteroatoms. The van der Waals surface area contributed by atoms with Crippen LogP contribution in [0.25, 0.3) is 0 Å². The van der Waals surface area contributed by atoms with Gasteiger partial charge in [-0.2, -0.15) is 0 Å². The fourth-order valence-electron chi connectivity index (χ4n) is 1.54. The number of hydrogen-bond acceptors (Lipinski definition) is 3. The molecule has 1 aromatic rings. The molecule has 18 heavy (non-hydrogen) atoms. The number of nitrogens with one attached hydrogen (secondary N) is 1. The van der Waals surface area contributed by atoms with Gasteiger partial charge >= 0.3 is 0 Å². The highest BCUT2D eigenvalue weighted by molar-refractivity contribution is 5.76. The van der Waals surface area contributed by atoms with Crippen molar-refractivity contribution < 1.29 is 14.6 Å².